The third kappa shape index (κ3) is 4.40. The Morgan fingerprint density at radius 3 is 1.96 bits per heavy atom. The van der Waals surface area contributed by atoms with Gasteiger partial charge in [0.15, 0.2) is 0 Å². The Morgan fingerprint density at radius 1 is 0.870 bits per heavy atom. The molecule has 0 aliphatic carbocycles. The van der Waals surface area contributed by atoms with Gasteiger partial charge in [0.1, 0.15) is 24.7 Å². The molecule has 8 nitrogen and oxygen atoms in total. The molecule has 0 N–H and O–H groups in total. The molecular weight excluding hydrogens is 304 g/mol. The highest BCUT2D eigenvalue weighted by Gasteiger charge is 2.10. The number of hydrogen-bond donors (Lipinski definition) is 0. The molecule has 8 heteroatoms. The first-order chi connectivity index (χ1) is 11.0. The van der Waals surface area contributed by atoms with Crippen LogP contribution in [0.2, 0.25) is 0 Å². The van der Waals surface area contributed by atoms with E-state index in [1.54, 1.807) is 13.0 Å². The summed E-state index contributed by atoms with van der Waals surface area (Å²) in [6.07, 6.45) is 0. The average molecular weight is 318 g/mol. The first-order valence-corrected chi connectivity index (χ1v) is 6.72. The van der Waals surface area contributed by atoms with Crippen LogP contribution in [0.5, 0.6) is 11.5 Å². The van der Waals surface area contributed by atoms with Crippen LogP contribution in [-0.4, -0.2) is 23.1 Å². The van der Waals surface area contributed by atoms with Crippen LogP contribution in [-0.2, 0) is 0 Å². The molecule has 2 aromatic carbocycles. The van der Waals surface area contributed by atoms with Crippen molar-refractivity contribution in [1.82, 2.24) is 0 Å². The molecule has 120 valence electrons. The monoisotopic (exact) mass is 318 g/mol. The smallest absolute Gasteiger partial charge is 0.272 e. The number of rotatable bonds is 7. The SMILES string of the molecule is Cc1cc(OCCOc2ccc([N+](=O)[O-])cc2)ccc1[N+](=O)[O-]. The highest BCUT2D eigenvalue weighted by molar-refractivity contribution is 5.44. The number of ether oxygens (including phenoxy) is 2. The molecule has 0 spiro atoms. The van der Waals surface area contributed by atoms with Crippen molar-refractivity contribution in [1.29, 1.82) is 0 Å². The summed E-state index contributed by atoms with van der Waals surface area (Å²) in [4.78, 5) is 20.3. The van der Waals surface area contributed by atoms with Crippen LogP contribution in [0, 0.1) is 27.2 Å². The molecule has 0 saturated carbocycles. The van der Waals surface area contributed by atoms with Crippen LogP contribution in [0.3, 0.4) is 0 Å². The molecule has 0 fully saturated rings. The van der Waals surface area contributed by atoms with Gasteiger partial charge in [-0.15, -0.1) is 0 Å². The number of nitro groups is 2. The van der Waals surface area contributed by atoms with Gasteiger partial charge in [0.25, 0.3) is 11.4 Å². The van der Waals surface area contributed by atoms with E-state index in [9.17, 15) is 20.2 Å². The summed E-state index contributed by atoms with van der Waals surface area (Å²) in [6.45, 7) is 2.13. The van der Waals surface area contributed by atoms with Crippen LogP contribution in [0.1, 0.15) is 5.56 Å². The van der Waals surface area contributed by atoms with Crippen molar-refractivity contribution in [3.63, 3.8) is 0 Å². The Labute approximate surface area is 131 Å². The average Bonchev–Trinajstić information content (AvgIpc) is 2.51. The summed E-state index contributed by atoms with van der Waals surface area (Å²) in [5.41, 5.74) is 0.554. The van der Waals surface area contributed by atoms with E-state index in [1.807, 2.05) is 0 Å². The maximum absolute atomic E-state index is 10.7. The Balaban J connectivity index is 1.82. The largest absolute Gasteiger partial charge is 0.490 e. The van der Waals surface area contributed by atoms with E-state index in [2.05, 4.69) is 0 Å². The zero-order chi connectivity index (χ0) is 16.8. The van der Waals surface area contributed by atoms with Crippen molar-refractivity contribution in [3.8, 4) is 11.5 Å². The summed E-state index contributed by atoms with van der Waals surface area (Å²) in [7, 11) is 0. The number of nitro benzene ring substituents is 2. The number of hydrogen-bond acceptors (Lipinski definition) is 6. The molecular formula is C15H14N2O6. The molecule has 0 atom stereocenters. The fraction of sp³-hybridized carbons (Fsp3) is 0.200. The van der Waals surface area contributed by atoms with Crippen molar-refractivity contribution in [2.75, 3.05) is 13.2 Å². The quantitative estimate of drug-likeness (QED) is 0.441. The Morgan fingerprint density at radius 2 is 1.43 bits per heavy atom. The zero-order valence-corrected chi connectivity index (χ0v) is 12.3. The lowest BCUT2D eigenvalue weighted by molar-refractivity contribution is -0.385. The minimum atomic E-state index is -0.482. The second-order valence-electron chi connectivity index (χ2n) is 4.65. The standard InChI is InChI=1S/C15H14N2O6/c1-11-10-14(6-7-15(11)17(20)21)23-9-8-22-13-4-2-12(3-5-13)16(18)19/h2-7,10H,8-9H2,1H3. The minimum Gasteiger partial charge on any atom is -0.490 e. The maximum atomic E-state index is 10.7. The van der Waals surface area contributed by atoms with Gasteiger partial charge in [0, 0.05) is 23.8 Å². The summed E-state index contributed by atoms with van der Waals surface area (Å²) >= 11 is 0. The van der Waals surface area contributed by atoms with Crippen molar-refractivity contribution in [2.24, 2.45) is 0 Å². The molecule has 0 aliphatic rings. The molecule has 2 aromatic rings. The van der Waals surface area contributed by atoms with Gasteiger partial charge in [0.2, 0.25) is 0 Å². The Hall–Kier alpha value is -3.16. The predicted octanol–water partition coefficient (Wildman–Crippen LogP) is 3.27. The minimum absolute atomic E-state index is 0.00467. The molecule has 0 bridgehead atoms. The van der Waals surface area contributed by atoms with Crippen LogP contribution in [0.4, 0.5) is 11.4 Å². The molecule has 0 saturated heterocycles. The number of benzene rings is 2. The van der Waals surface area contributed by atoms with Crippen LogP contribution in [0.15, 0.2) is 42.5 Å². The number of aryl methyl sites for hydroxylation is 1. The Bertz CT molecular complexity index is 714. The van der Waals surface area contributed by atoms with E-state index in [4.69, 9.17) is 9.47 Å². The molecule has 0 aromatic heterocycles. The highest BCUT2D eigenvalue weighted by atomic mass is 16.6. The lowest BCUT2D eigenvalue weighted by Crippen LogP contribution is -2.09. The van der Waals surface area contributed by atoms with Crippen LogP contribution in [0.25, 0.3) is 0 Å². The molecule has 0 aliphatic heterocycles. The van der Waals surface area contributed by atoms with E-state index in [0.717, 1.165) is 0 Å². The van der Waals surface area contributed by atoms with Crippen molar-refractivity contribution >= 4 is 11.4 Å². The van der Waals surface area contributed by atoms with Crippen LogP contribution < -0.4 is 9.47 Å². The summed E-state index contributed by atoms with van der Waals surface area (Å²) in [5, 5.41) is 21.2. The van der Waals surface area contributed by atoms with Crippen molar-refractivity contribution in [3.05, 3.63) is 68.3 Å². The van der Waals surface area contributed by atoms with E-state index >= 15 is 0 Å². The van der Waals surface area contributed by atoms with Crippen molar-refractivity contribution < 1.29 is 19.3 Å². The first kappa shape index (κ1) is 16.2. The molecule has 23 heavy (non-hydrogen) atoms. The fourth-order valence-electron chi connectivity index (χ4n) is 1.91. The van der Waals surface area contributed by atoms with E-state index in [0.29, 0.717) is 17.1 Å². The van der Waals surface area contributed by atoms with Gasteiger partial charge in [-0.25, -0.2) is 0 Å². The molecule has 0 heterocycles. The van der Waals surface area contributed by atoms with Gasteiger partial charge in [-0.3, -0.25) is 20.2 Å². The summed E-state index contributed by atoms with van der Waals surface area (Å²) in [6, 6.07) is 10.2. The highest BCUT2D eigenvalue weighted by Crippen LogP contribution is 2.23. The topological polar surface area (TPSA) is 105 Å². The summed E-state index contributed by atoms with van der Waals surface area (Å²) < 4.78 is 10.8. The molecule has 0 unspecified atom stereocenters. The molecule has 2 rings (SSSR count). The predicted molar refractivity (Wildman–Crippen MR) is 81.9 cm³/mol. The van der Waals surface area contributed by atoms with E-state index in [1.165, 1.54) is 36.4 Å². The maximum Gasteiger partial charge on any atom is 0.272 e. The Kier molecular flexibility index (Phi) is 5.08. The second kappa shape index (κ2) is 7.21. The first-order valence-electron chi connectivity index (χ1n) is 6.72. The van der Waals surface area contributed by atoms with Gasteiger partial charge >= 0.3 is 0 Å². The molecule has 0 radical (unpaired) electrons. The normalized spacial score (nSPS) is 10.1. The fourth-order valence-corrected chi connectivity index (χ4v) is 1.91. The van der Waals surface area contributed by atoms with Gasteiger partial charge in [-0.1, -0.05) is 0 Å². The second-order valence-corrected chi connectivity index (χ2v) is 4.65. The number of non-ortho nitro benzene ring substituents is 1. The zero-order valence-electron chi connectivity index (χ0n) is 12.3. The van der Waals surface area contributed by atoms with Gasteiger partial charge in [0.05, 0.1) is 9.85 Å². The lowest BCUT2D eigenvalue weighted by atomic mass is 10.2. The van der Waals surface area contributed by atoms with E-state index < -0.39 is 9.85 Å². The lowest BCUT2D eigenvalue weighted by Gasteiger charge is -2.09. The third-order valence-electron chi connectivity index (χ3n) is 3.03. The molecule has 0 amide bonds. The van der Waals surface area contributed by atoms with Gasteiger partial charge in [-0.05, 0) is 31.2 Å². The van der Waals surface area contributed by atoms with E-state index in [-0.39, 0.29) is 24.6 Å². The van der Waals surface area contributed by atoms with Crippen LogP contribution >= 0.6 is 0 Å². The van der Waals surface area contributed by atoms with Gasteiger partial charge in [-0.2, -0.15) is 0 Å². The van der Waals surface area contributed by atoms with Crippen molar-refractivity contribution in [2.45, 2.75) is 6.92 Å². The summed E-state index contributed by atoms with van der Waals surface area (Å²) in [5.74, 6) is 1.01. The number of nitrogens with zero attached hydrogens (tertiary/aromatic N) is 2. The van der Waals surface area contributed by atoms with Gasteiger partial charge < -0.3 is 9.47 Å². The third-order valence-corrected chi connectivity index (χ3v) is 3.03.